The summed E-state index contributed by atoms with van der Waals surface area (Å²) in [6.45, 7) is 3.91. The fraction of sp³-hybridized carbons (Fsp3) is 0.600. The Bertz CT molecular complexity index is 61.4. The van der Waals surface area contributed by atoms with E-state index in [4.69, 9.17) is 10.8 Å². The molecule has 1 unspecified atom stereocenters. The molecule has 1 atom stereocenters. The van der Waals surface area contributed by atoms with Crippen LogP contribution in [-0.2, 0) is 0 Å². The van der Waals surface area contributed by atoms with Gasteiger partial charge in [0.15, 0.2) is 0 Å². The van der Waals surface area contributed by atoms with Gasteiger partial charge in [0.25, 0.3) is 0 Å². The Morgan fingerprint density at radius 3 is 2.62 bits per heavy atom. The van der Waals surface area contributed by atoms with Gasteiger partial charge < -0.3 is 16.2 Å². The van der Waals surface area contributed by atoms with E-state index in [1.54, 1.807) is 0 Å². The zero-order valence-corrected chi connectivity index (χ0v) is 4.80. The lowest BCUT2D eigenvalue weighted by atomic mass is 10.3. The lowest BCUT2D eigenvalue weighted by Crippen LogP contribution is -2.35. The fourth-order valence-corrected chi connectivity index (χ4v) is 0.362. The van der Waals surface area contributed by atoms with E-state index in [0.29, 0.717) is 6.54 Å². The molecule has 0 bridgehead atoms. The van der Waals surface area contributed by atoms with Crippen LogP contribution in [0.5, 0.6) is 0 Å². The average Bonchev–Trinajstić information content (AvgIpc) is 1.83. The van der Waals surface area contributed by atoms with Crippen molar-refractivity contribution < 1.29 is 5.11 Å². The first-order chi connectivity index (χ1) is 3.85. The Morgan fingerprint density at radius 2 is 2.50 bits per heavy atom. The minimum atomic E-state index is -0.0347. The maximum atomic E-state index is 8.47. The first-order valence-corrected chi connectivity index (χ1v) is 2.53. The smallest absolute Gasteiger partial charge is 0.0645 e. The van der Waals surface area contributed by atoms with Gasteiger partial charge in [-0.15, -0.1) is 0 Å². The minimum Gasteiger partial charge on any atom is -0.394 e. The van der Waals surface area contributed by atoms with Gasteiger partial charge in [-0.2, -0.15) is 0 Å². The van der Waals surface area contributed by atoms with Crippen molar-refractivity contribution in [2.24, 2.45) is 5.73 Å². The maximum absolute atomic E-state index is 8.47. The zero-order valence-electron chi connectivity index (χ0n) is 4.80. The van der Waals surface area contributed by atoms with Crippen LogP contribution in [0.2, 0.25) is 0 Å². The van der Waals surface area contributed by atoms with Crippen molar-refractivity contribution >= 4 is 0 Å². The van der Waals surface area contributed by atoms with Gasteiger partial charge >= 0.3 is 0 Å². The summed E-state index contributed by atoms with van der Waals surface area (Å²) in [6, 6.07) is -0.0347. The molecule has 0 aromatic rings. The standard InChI is InChI=1S/C5H12N2O/c1-2-7-5(3-6)4-8/h2,5,7-8H,1,3-4,6H2. The van der Waals surface area contributed by atoms with Crippen LogP contribution >= 0.6 is 0 Å². The monoisotopic (exact) mass is 116 g/mol. The van der Waals surface area contributed by atoms with Crippen LogP contribution in [0.1, 0.15) is 0 Å². The molecule has 8 heavy (non-hydrogen) atoms. The third-order valence-electron chi connectivity index (χ3n) is 0.858. The molecule has 0 saturated heterocycles. The van der Waals surface area contributed by atoms with E-state index in [1.165, 1.54) is 6.20 Å². The molecule has 0 aliphatic heterocycles. The third kappa shape index (κ3) is 2.60. The van der Waals surface area contributed by atoms with Crippen LogP contribution in [0.15, 0.2) is 12.8 Å². The van der Waals surface area contributed by atoms with E-state index >= 15 is 0 Å². The second-order valence-electron chi connectivity index (χ2n) is 1.49. The van der Waals surface area contributed by atoms with Crippen LogP contribution in [0.3, 0.4) is 0 Å². The molecule has 0 fully saturated rings. The third-order valence-corrected chi connectivity index (χ3v) is 0.858. The van der Waals surface area contributed by atoms with Crippen LogP contribution in [0.4, 0.5) is 0 Å². The van der Waals surface area contributed by atoms with Gasteiger partial charge in [-0.1, -0.05) is 6.58 Å². The molecular formula is C5H12N2O. The van der Waals surface area contributed by atoms with Crippen molar-refractivity contribution in [3.8, 4) is 0 Å². The SMILES string of the molecule is C=CNC(CN)CO. The summed E-state index contributed by atoms with van der Waals surface area (Å²) in [7, 11) is 0. The molecule has 3 nitrogen and oxygen atoms in total. The Balaban J connectivity index is 3.20. The van der Waals surface area contributed by atoms with Crippen molar-refractivity contribution in [3.63, 3.8) is 0 Å². The Kier molecular flexibility index (Phi) is 4.30. The molecule has 0 aliphatic carbocycles. The second-order valence-corrected chi connectivity index (χ2v) is 1.49. The zero-order chi connectivity index (χ0) is 6.41. The van der Waals surface area contributed by atoms with Gasteiger partial charge in [-0.05, 0) is 6.20 Å². The Morgan fingerprint density at radius 1 is 1.88 bits per heavy atom. The van der Waals surface area contributed by atoms with Crippen molar-refractivity contribution in [3.05, 3.63) is 12.8 Å². The van der Waals surface area contributed by atoms with E-state index in [0.717, 1.165) is 0 Å². The van der Waals surface area contributed by atoms with Gasteiger partial charge in [0.1, 0.15) is 0 Å². The van der Waals surface area contributed by atoms with Crippen molar-refractivity contribution in [2.45, 2.75) is 6.04 Å². The summed E-state index contributed by atoms with van der Waals surface area (Å²) in [6.07, 6.45) is 1.52. The molecule has 4 N–H and O–H groups in total. The largest absolute Gasteiger partial charge is 0.394 e. The maximum Gasteiger partial charge on any atom is 0.0645 e. The highest BCUT2D eigenvalue weighted by molar-refractivity contribution is 4.73. The number of aliphatic hydroxyl groups is 1. The van der Waals surface area contributed by atoms with Gasteiger partial charge in [-0.25, -0.2) is 0 Å². The molecule has 0 aromatic heterocycles. The summed E-state index contributed by atoms with van der Waals surface area (Å²) in [4.78, 5) is 0. The molecule has 3 heteroatoms. The second kappa shape index (κ2) is 4.61. The first kappa shape index (κ1) is 7.46. The van der Waals surface area contributed by atoms with Gasteiger partial charge in [0, 0.05) is 6.54 Å². The lowest BCUT2D eigenvalue weighted by molar-refractivity contribution is 0.255. The quantitative estimate of drug-likeness (QED) is 0.443. The summed E-state index contributed by atoms with van der Waals surface area (Å²) >= 11 is 0. The molecule has 0 spiro atoms. The van der Waals surface area contributed by atoms with Crippen molar-refractivity contribution in [1.82, 2.24) is 5.32 Å². The number of nitrogens with one attached hydrogen (secondary N) is 1. The van der Waals surface area contributed by atoms with Gasteiger partial charge in [0.2, 0.25) is 0 Å². The molecule has 0 rings (SSSR count). The molecule has 0 aliphatic rings. The normalized spacial score (nSPS) is 12.8. The highest BCUT2D eigenvalue weighted by Crippen LogP contribution is 1.74. The predicted octanol–water partition coefficient (Wildman–Crippen LogP) is -0.961. The van der Waals surface area contributed by atoms with E-state index < -0.39 is 0 Å². The number of rotatable bonds is 4. The van der Waals surface area contributed by atoms with E-state index in [9.17, 15) is 0 Å². The Labute approximate surface area is 49.2 Å². The highest BCUT2D eigenvalue weighted by Gasteiger charge is 1.97. The number of hydrogen-bond donors (Lipinski definition) is 3. The number of aliphatic hydroxyl groups excluding tert-OH is 1. The summed E-state index contributed by atoms with van der Waals surface area (Å²) in [5, 5.41) is 11.2. The molecule has 0 saturated carbocycles. The Hall–Kier alpha value is -0.540. The molecule has 0 radical (unpaired) electrons. The molecule has 0 amide bonds. The van der Waals surface area contributed by atoms with Crippen molar-refractivity contribution in [2.75, 3.05) is 13.2 Å². The molecular weight excluding hydrogens is 104 g/mol. The lowest BCUT2D eigenvalue weighted by Gasteiger charge is -2.09. The molecule has 48 valence electrons. The summed E-state index contributed by atoms with van der Waals surface area (Å²) in [5.74, 6) is 0. The van der Waals surface area contributed by atoms with E-state index in [1.807, 2.05) is 0 Å². The summed E-state index contributed by atoms with van der Waals surface area (Å²) in [5.41, 5.74) is 5.20. The highest BCUT2D eigenvalue weighted by atomic mass is 16.3. The molecule has 0 aromatic carbocycles. The molecule has 0 heterocycles. The van der Waals surface area contributed by atoms with Crippen LogP contribution in [0.25, 0.3) is 0 Å². The van der Waals surface area contributed by atoms with Crippen LogP contribution in [-0.4, -0.2) is 24.3 Å². The van der Waals surface area contributed by atoms with E-state index in [-0.39, 0.29) is 12.6 Å². The predicted molar refractivity (Wildman–Crippen MR) is 33.3 cm³/mol. The first-order valence-electron chi connectivity index (χ1n) is 2.53. The van der Waals surface area contributed by atoms with E-state index in [2.05, 4.69) is 11.9 Å². The fourth-order valence-electron chi connectivity index (χ4n) is 0.362. The van der Waals surface area contributed by atoms with Gasteiger partial charge in [0.05, 0.1) is 12.6 Å². The van der Waals surface area contributed by atoms with Crippen molar-refractivity contribution in [1.29, 1.82) is 0 Å². The van der Waals surface area contributed by atoms with Gasteiger partial charge in [-0.3, -0.25) is 0 Å². The minimum absolute atomic E-state index is 0.0347. The average molecular weight is 116 g/mol. The summed E-state index contributed by atoms with van der Waals surface area (Å²) < 4.78 is 0. The number of hydrogen-bond acceptors (Lipinski definition) is 3. The van der Waals surface area contributed by atoms with Crippen LogP contribution < -0.4 is 11.1 Å². The number of nitrogens with two attached hydrogens (primary N) is 1. The topological polar surface area (TPSA) is 58.3 Å². The van der Waals surface area contributed by atoms with Crippen LogP contribution in [0, 0.1) is 0 Å².